The van der Waals surface area contributed by atoms with E-state index in [4.69, 9.17) is 11.6 Å². The number of nitro benzene ring substituents is 2. The highest BCUT2D eigenvalue weighted by Gasteiger charge is 2.27. The van der Waals surface area contributed by atoms with Crippen LogP contribution in [0.1, 0.15) is 15.9 Å². The van der Waals surface area contributed by atoms with Crippen molar-refractivity contribution in [3.8, 4) is 0 Å². The van der Waals surface area contributed by atoms with Gasteiger partial charge in [-0.25, -0.2) is 0 Å². The molecule has 2 aromatic rings. The second kappa shape index (κ2) is 6.79. The van der Waals surface area contributed by atoms with Gasteiger partial charge in [0.2, 0.25) is 0 Å². The number of nitrogens with one attached hydrogen (secondary N) is 1. The van der Waals surface area contributed by atoms with Crippen molar-refractivity contribution in [2.45, 2.75) is 6.54 Å². The first-order valence-corrected chi connectivity index (χ1v) is 6.57. The number of nitrogens with zero attached hydrogens (tertiary/aromatic N) is 3. The molecule has 1 amide bonds. The Morgan fingerprint density at radius 1 is 1.22 bits per heavy atom. The number of carbonyl (C=O) groups is 1. The van der Waals surface area contributed by atoms with Gasteiger partial charge in [0.15, 0.2) is 5.02 Å². The highest BCUT2D eigenvalue weighted by molar-refractivity contribution is 6.35. The van der Waals surface area contributed by atoms with Gasteiger partial charge in [0.1, 0.15) is 0 Å². The van der Waals surface area contributed by atoms with Gasteiger partial charge in [0.05, 0.1) is 15.4 Å². The van der Waals surface area contributed by atoms with Gasteiger partial charge in [-0.1, -0.05) is 17.7 Å². The second-order valence-electron chi connectivity index (χ2n) is 4.39. The summed E-state index contributed by atoms with van der Waals surface area (Å²) in [5, 5.41) is 23.7. The lowest BCUT2D eigenvalue weighted by Crippen LogP contribution is -2.23. The van der Waals surface area contributed by atoms with E-state index < -0.39 is 32.2 Å². The number of aromatic nitrogens is 1. The van der Waals surface area contributed by atoms with Crippen molar-refractivity contribution in [1.82, 2.24) is 10.3 Å². The topological polar surface area (TPSA) is 128 Å². The van der Waals surface area contributed by atoms with Crippen molar-refractivity contribution in [3.05, 3.63) is 73.0 Å². The van der Waals surface area contributed by atoms with E-state index in [-0.39, 0.29) is 12.1 Å². The Kier molecular flexibility index (Phi) is 4.82. The molecule has 0 saturated carbocycles. The van der Waals surface area contributed by atoms with Crippen LogP contribution < -0.4 is 5.32 Å². The lowest BCUT2D eigenvalue weighted by molar-refractivity contribution is -0.393. The molecule has 1 N–H and O–H groups in total. The molecule has 0 fully saturated rings. The zero-order valence-electron chi connectivity index (χ0n) is 11.4. The smallest absolute Gasteiger partial charge is 0.295 e. The van der Waals surface area contributed by atoms with E-state index in [0.29, 0.717) is 5.56 Å². The van der Waals surface area contributed by atoms with Gasteiger partial charge in [0, 0.05) is 31.1 Å². The standard InChI is InChI=1S/C13H9ClN4O5/c14-12-10(17(20)21)4-9(5-11(12)18(22)23)13(19)16-7-8-2-1-3-15-6-8/h1-6H,7H2,(H,16,19). The van der Waals surface area contributed by atoms with E-state index in [1.165, 1.54) is 6.20 Å². The molecule has 1 aromatic heterocycles. The fraction of sp³-hybridized carbons (Fsp3) is 0.0769. The number of hydrogen-bond acceptors (Lipinski definition) is 6. The van der Waals surface area contributed by atoms with E-state index in [1.54, 1.807) is 18.3 Å². The second-order valence-corrected chi connectivity index (χ2v) is 4.76. The summed E-state index contributed by atoms with van der Waals surface area (Å²) in [4.78, 5) is 36.0. The summed E-state index contributed by atoms with van der Waals surface area (Å²) in [5.41, 5.74) is -0.921. The number of pyridine rings is 1. The molecule has 2 rings (SSSR count). The van der Waals surface area contributed by atoms with Gasteiger partial charge >= 0.3 is 0 Å². The quantitative estimate of drug-likeness (QED) is 0.659. The summed E-state index contributed by atoms with van der Waals surface area (Å²) in [7, 11) is 0. The number of halogens is 1. The van der Waals surface area contributed by atoms with Crippen LogP contribution in [0, 0.1) is 20.2 Å². The fourth-order valence-corrected chi connectivity index (χ4v) is 2.03. The van der Waals surface area contributed by atoms with Crippen molar-refractivity contribution in [2.24, 2.45) is 0 Å². The number of rotatable bonds is 5. The Labute approximate surface area is 134 Å². The van der Waals surface area contributed by atoms with Crippen LogP contribution in [0.3, 0.4) is 0 Å². The van der Waals surface area contributed by atoms with Crippen molar-refractivity contribution < 1.29 is 14.6 Å². The summed E-state index contributed by atoms with van der Waals surface area (Å²) < 4.78 is 0. The summed E-state index contributed by atoms with van der Waals surface area (Å²) >= 11 is 5.63. The third kappa shape index (κ3) is 3.77. The minimum atomic E-state index is -0.882. The van der Waals surface area contributed by atoms with Crippen molar-refractivity contribution in [3.63, 3.8) is 0 Å². The maximum atomic E-state index is 12.1. The summed E-state index contributed by atoms with van der Waals surface area (Å²) in [6, 6.07) is 5.20. The first-order valence-electron chi connectivity index (χ1n) is 6.19. The van der Waals surface area contributed by atoms with Crippen LogP contribution >= 0.6 is 11.6 Å². The fourth-order valence-electron chi connectivity index (χ4n) is 1.78. The molecule has 23 heavy (non-hydrogen) atoms. The zero-order valence-corrected chi connectivity index (χ0v) is 12.2. The van der Waals surface area contributed by atoms with E-state index in [0.717, 1.165) is 12.1 Å². The normalized spacial score (nSPS) is 10.1. The minimum absolute atomic E-state index is 0.122. The monoisotopic (exact) mass is 336 g/mol. The summed E-state index contributed by atoms with van der Waals surface area (Å²) in [6.45, 7) is 0.122. The van der Waals surface area contributed by atoms with Crippen molar-refractivity contribution in [2.75, 3.05) is 0 Å². The Morgan fingerprint density at radius 3 is 2.30 bits per heavy atom. The summed E-state index contributed by atoms with van der Waals surface area (Å²) in [6.07, 6.45) is 3.10. The SMILES string of the molecule is O=C(NCc1cccnc1)c1cc([N+](=O)[O-])c(Cl)c([N+](=O)[O-])c1. The number of nitro groups is 2. The van der Waals surface area contributed by atoms with Crippen LogP contribution in [-0.2, 0) is 6.54 Å². The third-order valence-corrected chi connectivity index (χ3v) is 3.25. The average molecular weight is 337 g/mol. The molecule has 1 aromatic carbocycles. The largest absolute Gasteiger partial charge is 0.348 e. The van der Waals surface area contributed by atoms with Crippen LogP contribution in [0.4, 0.5) is 11.4 Å². The van der Waals surface area contributed by atoms with E-state index in [9.17, 15) is 25.0 Å². The zero-order chi connectivity index (χ0) is 17.0. The molecule has 10 heteroatoms. The molecule has 0 aliphatic rings. The molecule has 0 radical (unpaired) electrons. The minimum Gasteiger partial charge on any atom is -0.348 e. The number of hydrogen-bond donors (Lipinski definition) is 1. The van der Waals surface area contributed by atoms with Crippen LogP contribution in [0.15, 0.2) is 36.7 Å². The number of carbonyl (C=O) groups excluding carboxylic acids is 1. The van der Waals surface area contributed by atoms with E-state index in [2.05, 4.69) is 10.3 Å². The molecule has 0 aliphatic carbocycles. The molecule has 0 saturated heterocycles. The van der Waals surface area contributed by atoms with Crippen LogP contribution in [0.25, 0.3) is 0 Å². The Balaban J connectivity index is 2.29. The predicted molar refractivity (Wildman–Crippen MR) is 80.2 cm³/mol. The van der Waals surface area contributed by atoms with Gasteiger partial charge in [-0.15, -0.1) is 0 Å². The average Bonchev–Trinajstić information content (AvgIpc) is 2.53. The van der Waals surface area contributed by atoms with Gasteiger partial charge in [-0.2, -0.15) is 0 Å². The van der Waals surface area contributed by atoms with Gasteiger partial charge in [-0.05, 0) is 11.6 Å². The molecule has 1 heterocycles. The maximum Gasteiger partial charge on any atom is 0.295 e. The Hall–Kier alpha value is -3.07. The van der Waals surface area contributed by atoms with Crippen LogP contribution in [-0.4, -0.2) is 20.7 Å². The molecular weight excluding hydrogens is 328 g/mol. The van der Waals surface area contributed by atoms with Gasteiger partial charge < -0.3 is 5.32 Å². The molecule has 0 unspecified atom stereocenters. The van der Waals surface area contributed by atoms with Crippen molar-refractivity contribution >= 4 is 28.9 Å². The van der Waals surface area contributed by atoms with Crippen molar-refractivity contribution in [1.29, 1.82) is 0 Å². The lowest BCUT2D eigenvalue weighted by atomic mass is 10.1. The Morgan fingerprint density at radius 2 is 1.83 bits per heavy atom. The highest BCUT2D eigenvalue weighted by atomic mass is 35.5. The molecule has 0 bridgehead atoms. The first-order chi connectivity index (χ1) is 10.9. The van der Waals surface area contributed by atoms with E-state index in [1.807, 2.05) is 0 Å². The predicted octanol–water partition coefficient (Wildman–Crippen LogP) is 2.48. The first kappa shape index (κ1) is 16.3. The molecule has 0 aliphatic heterocycles. The lowest BCUT2D eigenvalue weighted by Gasteiger charge is -2.06. The maximum absolute atomic E-state index is 12.1. The van der Waals surface area contributed by atoms with Gasteiger partial charge in [-0.3, -0.25) is 30.0 Å². The number of amides is 1. The molecule has 118 valence electrons. The third-order valence-electron chi connectivity index (χ3n) is 2.87. The van der Waals surface area contributed by atoms with E-state index >= 15 is 0 Å². The van der Waals surface area contributed by atoms with Crippen LogP contribution in [0.2, 0.25) is 5.02 Å². The molecule has 9 nitrogen and oxygen atoms in total. The highest BCUT2D eigenvalue weighted by Crippen LogP contribution is 2.34. The molecule has 0 atom stereocenters. The van der Waals surface area contributed by atoms with Crippen LogP contribution in [0.5, 0.6) is 0 Å². The molecular formula is C13H9ClN4O5. The molecule has 0 spiro atoms. The van der Waals surface area contributed by atoms with Gasteiger partial charge in [0.25, 0.3) is 17.3 Å². The summed E-state index contributed by atoms with van der Waals surface area (Å²) in [5.74, 6) is -0.697. The Bertz CT molecular complexity index is 746. The number of benzene rings is 1.